The van der Waals surface area contributed by atoms with Crippen LogP contribution in [0, 0.1) is 0 Å². The molecule has 1 aliphatic carbocycles. The quantitative estimate of drug-likeness (QED) is 0.184. The van der Waals surface area contributed by atoms with Crippen molar-refractivity contribution in [2.24, 2.45) is 0 Å². The van der Waals surface area contributed by atoms with Gasteiger partial charge in [-0.25, -0.2) is 23.1 Å². The third-order valence-electron chi connectivity index (χ3n) is 5.58. The Morgan fingerprint density at radius 3 is 2.46 bits per heavy atom. The van der Waals surface area contributed by atoms with Gasteiger partial charge in [0.15, 0.2) is 16.8 Å². The Kier molecular flexibility index (Phi) is 6.21. The summed E-state index contributed by atoms with van der Waals surface area (Å²) in [5.74, 6) is -0.261. The molecule has 0 spiro atoms. The average molecular weight is 565 g/mol. The highest BCUT2D eigenvalue weighted by Crippen LogP contribution is 2.68. The molecule has 2 aromatic heterocycles. The zero-order valence-corrected chi connectivity index (χ0v) is 20.0. The van der Waals surface area contributed by atoms with Gasteiger partial charge in [0.2, 0.25) is 5.95 Å². The van der Waals surface area contributed by atoms with E-state index in [-0.39, 0.29) is 23.5 Å². The molecule has 196 valence electrons. The topological polar surface area (TPSA) is 279 Å². The van der Waals surface area contributed by atoms with Crippen LogP contribution < -0.4 is 11.3 Å². The molecule has 18 nitrogen and oxygen atoms in total. The molecule has 0 bridgehead atoms. The van der Waals surface area contributed by atoms with Gasteiger partial charge in [-0.3, -0.25) is 14.3 Å². The minimum atomic E-state index is -5.77. The van der Waals surface area contributed by atoms with Gasteiger partial charge in [0, 0.05) is 0 Å². The Hall–Kier alpha value is -1.59. The van der Waals surface area contributed by atoms with Crippen molar-refractivity contribution in [1.82, 2.24) is 19.5 Å². The van der Waals surface area contributed by atoms with Crippen LogP contribution >= 0.6 is 23.5 Å². The third-order valence-corrected chi connectivity index (χ3v) is 9.37. The Morgan fingerprint density at radius 2 is 1.91 bits per heavy atom. The maximum Gasteiger partial charge on any atom is 0.490 e. The van der Waals surface area contributed by atoms with E-state index in [2.05, 4.69) is 28.1 Å². The van der Waals surface area contributed by atoms with E-state index in [1.165, 1.54) is 6.92 Å². The van der Waals surface area contributed by atoms with Gasteiger partial charge < -0.3 is 39.7 Å². The number of aliphatic hydroxyl groups is 1. The van der Waals surface area contributed by atoms with Crippen LogP contribution in [0.25, 0.3) is 11.2 Å². The standard InChI is InChI=1S/C13H19FN5O13P3/c1-2-12(3-29-34(25,26)32-35(27,28)31-33(22,23)24)10(21)13(14)6(7(13)30-12)19-4-16-5-8(19)17-11(15)18-9(5)20/h4,6-7,10,21H,2-3H2,1H3,(H,25,26)(H,27,28)(H2,22,23,24)(H3,15,17,18,20)/t6?,7-,10+,12+,13+/m0/s1. The maximum atomic E-state index is 15.8. The van der Waals surface area contributed by atoms with E-state index < -0.39 is 65.2 Å². The zero-order valence-electron chi connectivity index (χ0n) is 17.4. The van der Waals surface area contributed by atoms with Gasteiger partial charge >= 0.3 is 23.5 Å². The molecule has 7 atom stereocenters. The second-order valence-corrected chi connectivity index (χ2v) is 12.2. The molecule has 35 heavy (non-hydrogen) atoms. The number of alkyl halides is 1. The Balaban J connectivity index is 1.51. The van der Waals surface area contributed by atoms with Crippen molar-refractivity contribution in [2.75, 3.05) is 12.3 Å². The first-order chi connectivity index (χ1) is 15.9. The molecule has 2 aliphatic rings. The molecule has 3 unspecified atom stereocenters. The number of imidazole rings is 1. The number of aliphatic hydroxyl groups excluding tert-OH is 1. The third kappa shape index (κ3) is 4.64. The van der Waals surface area contributed by atoms with Gasteiger partial charge in [-0.1, -0.05) is 6.92 Å². The minimum absolute atomic E-state index is 0.0752. The lowest BCUT2D eigenvalue weighted by atomic mass is 9.91. The largest absolute Gasteiger partial charge is 0.490 e. The number of nitrogens with two attached hydrogens (primary N) is 1. The zero-order chi connectivity index (χ0) is 26.2. The van der Waals surface area contributed by atoms with Crippen molar-refractivity contribution in [2.45, 2.75) is 42.9 Å². The molecule has 4 rings (SSSR count). The van der Waals surface area contributed by atoms with Crippen LogP contribution in [0.1, 0.15) is 19.4 Å². The highest BCUT2D eigenvalue weighted by atomic mass is 31.3. The molecule has 1 saturated heterocycles. The molecular weight excluding hydrogens is 546 g/mol. The van der Waals surface area contributed by atoms with Crippen LogP contribution in [0.3, 0.4) is 0 Å². The summed E-state index contributed by atoms with van der Waals surface area (Å²) in [6, 6.07) is -1.21. The van der Waals surface area contributed by atoms with Crippen LogP contribution in [0.2, 0.25) is 0 Å². The van der Waals surface area contributed by atoms with E-state index in [1.807, 2.05) is 0 Å². The van der Waals surface area contributed by atoms with Crippen LogP contribution in [0.15, 0.2) is 11.1 Å². The smallest absolute Gasteiger partial charge is 0.386 e. The van der Waals surface area contributed by atoms with Gasteiger partial charge in [-0.05, 0) is 6.42 Å². The lowest BCUT2D eigenvalue weighted by molar-refractivity contribution is -0.130. The summed E-state index contributed by atoms with van der Waals surface area (Å²) in [6.45, 7) is 0.375. The number of nitrogen functional groups attached to an aromatic ring is 1. The summed E-state index contributed by atoms with van der Waals surface area (Å²) >= 11 is 0. The molecule has 2 aromatic rings. The van der Waals surface area contributed by atoms with E-state index >= 15 is 4.39 Å². The van der Waals surface area contributed by atoms with E-state index in [1.54, 1.807) is 0 Å². The molecule has 1 saturated carbocycles. The number of rotatable bonds is 9. The van der Waals surface area contributed by atoms with Crippen LogP contribution in [0.4, 0.5) is 10.3 Å². The SMILES string of the molecule is CC[C@]1(COP(=O)(O)OP(=O)(O)OP(=O)(O)O)O[C@H]2C(n3cnc4c(=O)[nH]c(N)nc43)[C@]2(F)[C@@H]1O. The number of H-pyrrole nitrogens is 1. The molecule has 0 amide bonds. The molecule has 0 radical (unpaired) electrons. The lowest BCUT2D eigenvalue weighted by Crippen LogP contribution is -2.50. The van der Waals surface area contributed by atoms with Gasteiger partial charge in [-0.15, -0.1) is 0 Å². The number of nitrogens with zero attached hydrogens (tertiary/aromatic N) is 3. The summed E-state index contributed by atoms with van der Waals surface area (Å²) in [5, 5.41) is 10.8. The number of halogens is 1. The number of nitrogens with one attached hydrogen (secondary N) is 1. The number of fused-ring (bicyclic) bond motifs is 2. The molecule has 2 fully saturated rings. The summed E-state index contributed by atoms with van der Waals surface area (Å²) < 4.78 is 68.5. The van der Waals surface area contributed by atoms with Crippen molar-refractivity contribution >= 4 is 40.6 Å². The minimum Gasteiger partial charge on any atom is -0.386 e. The number of hydrogen-bond donors (Lipinski definition) is 7. The van der Waals surface area contributed by atoms with Crippen molar-refractivity contribution in [1.29, 1.82) is 0 Å². The normalized spacial score (nSPS) is 33.9. The molecule has 22 heteroatoms. The van der Waals surface area contributed by atoms with E-state index in [0.29, 0.717) is 0 Å². The number of anilines is 1. The van der Waals surface area contributed by atoms with Crippen molar-refractivity contribution in [3.63, 3.8) is 0 Å². The Morgan fingerprint density at radius 1 is 1.26 bits per heavy atom. The van der Waals surface area contributed by atoms with Gasteiger partial charge in [0.05, 0.1) is 12.9 Å². The van der Waals surface area contributed by atoms with Crippen LogP contribution in [-0.4, -0.2) is 74.3 Å². The summed E-state index contributed by atoms with van der Waals surface area (Å²) in [5.41, 5.74) is 0.201. The Labute approximate surface area is 193 Å². The highest BCUT2D eigenvalue weighted by Gasteiger charge is 2.83. The fourth-order valence-corrected chi connectivity index (χ4v) is 7.09. The lowest BCUT2D eigenvalue weighted by Gasteiger charge is -2.34. The summed E-state index contributed by atoms with van der Waals surface area (Å²) in [6.07, 6.45) is -2.42. The first-order valence-corrected chi connectivity index (χ1v) is 14.0. The predicted molar refractivity (Wildman–Crippen MR) is 109 cm³/mol. The van der Waals surface area contributed by atoms with Gasteiger partial charge in [-0.2, -0.15) is 13.6 Å². The fraction of sp³-hybridized carbons (Fsp3) is 0.615. The predicted octanol–water partition coefficient (Wildman–Crippen LogP) is -0.783. The molecule has 3 heterocycles. The van der Waals surface area contributed by atoms with Crippen molar-refractivity contribution in [3.8, 4) is 0 Å². The number of phosphoric ester groups is 1. The van der Waals surface area contributed by atoms with Crippen molar-refractivity contribution < 1.29 is 60.6 Å². The second-order valence-electron chi connectivity index (χ2n) is 7.77. The molecule has 1 aliphatic heterocycles. The number of aromatic nitrogens is 4. The first-order valence-electron chi connectivity index (χ1n) is 9.50. The monoisotopic (exact) mass is 565 g/mol. The van der Waals surface area contributed by atoms with E-state index in [9.17, 15) is 33.4 Å². The Bertz CT molecular complexity index is 1380. The molecular formula is C13H19FN5O13P3. The molecule has 0 aromatic carbocycles. The van der Waals surface area contributed by atoms with Crippen LogP contribution in [0.5, 0.6) is 0 Å². The number of aromatic amines is 1. The average Bonchev–Trinajstić information content (AvgIpc) is 2.96. The van der Waals surface area contributed by atoms with Gasteiger partial charge in [0.25, 0.3) is 5.56 Å². The summed E-state index contributed by atoms with van der Waals surface area (Å²) in [7, 11) is -16.9. The van der Waals surface area contributed by atoms with Crippen LogP contribution in [-0.2, 0) is 31.6 Å². The maximum absolute atomic E-state index is 15.8. The first kappa shape index (κ1) is 26.5. The fourth-order valence-electron chi connectivity index (χ4n) is 4.01. The van der Waals surface area contributed by atoms with Crippen molar-refractivity contribution in [3.05, 3.63) is 16.7 Å². The summed E-state index contributed by atoms with van der Waals surface area (Å²) in [4.78, 5) is 58.0. The molecule has 8 N–H and O–H groups in total. The second kappa shape index (κ2) is 8.21. The number of ether oxygens (including phenoxy) is 1. The highest BCUT2D eigenvalue weighted by molar-refractivity contribution is 7.66. The van der Waals surface area contributed by atoms with Gasteiger partial charge in [0.1, 0.15) is 23.9 Å². The number of hydrogen-bond acceptors (Lipinski definition) is 12. The van der Waals surface area contributed by atoms with E-state index in [0.717, 1.165) is 10.9 Å². The number of phosphoric acid groups is 3. The van der Waals surface area contributed by atoms with E-state index in [4.69, 9.17) is 20.3 Å².